The Morgan fingerprint density at radius 1 is 0.196 bits per heavy atom. The highest BCUT2D eigenvalue weighted by Gasteiger charge is 2.36. The maximum absolute atomic E-state index is 2.90. The number of benzene rings is 8. The Morgan fingerprint density at radius 2 is 0.321 bits per heavy atom. The zero-order chi connectivity index (χ0) is 37.8. The van der Waals surface area contributed by atoms with Gasteiger partial charge in [-0.15, -0.1) is 0 Å². The van der Waals surface area contributed by atoms with E-state index in [2.05, 4.69) is 252 Å². The minimum atomic E-state index is -0.937. The van der Waals surface area contributed by atoms with E-state index in [-0.39, 0.29) is 0 Å². The van der Waals surface area contributed by atoms with E-state index >= 15 is 0 Å². The van der Waals surface area contributed by atoms with Crippen LogP contribution in [0.4, 0.5) is 0 Å². The lowest BCUT2D eigenvalue weighted by molar-refractivity contribution is 0.610. The molecule has 0 aliphatic rings. The van der Waals surface area contributed by atoms with Crippen LogP contribution in [0.1, 0.15) is 0 Å². The van der Waals surface area contributed by atoms with Crippen molar-refractivity contribution in [2.75, 3.05) is 13.1 Å². The van der Waals surface area contributed by atoms with E-state index in [1.807, 2.05) is 0 Å². The van der Waals surface area contributed by atoms with E-state index in [9.17, 15) is 0 Å². The highest BCUT2D eigenvalue weighted by molar-refractivity contribution is 7.85. The van der Waals surface area contributed by atoms with Crippen LogP contribution in [-0.4, -0.2) is 22.0 Å². The summed E-state index contributed by atoms with van der Waals surface area (Å²) in [4.78, 5) is 0. The van der Waals surface area contributed by atoms with E-state index in [4.69, 9.17) is 0 Å². The van der Waals surface area contributed by atoms with Gasteiger partial charge in [-0.25, -0.2) is 8.88 Å². The Hall–Kier alpha value is -4.60. The fourth-order valence-corrected chi connectivity index (χ4v) is 19.0. The quantitative estimate of drug-likeness (QED) is 0.0955. The van der Waals surface area contributed by atoms with Gasteiger partial charge in [-0.05, 0) is 42.4 Å². The molecule has 0 bridgehead atoms. The van der Waals surface area contributed by atoms with Gasteiger partial charge in [-0.2, -0.15) is 0 Å². The van der Waals surface area contributed by atoms with Gasteiger partial charge >= 0.3 is 0 Å². The number of nitrogens with zero attached hydrogens (tertiary/aromatic N) is 2. The standard InChI is InChI=1S/C50H44N2P4/c1-9-25-43(26-10-1)53(44-27-11-2-12-28-44)51(54(45-29-13-3-14-30-45)46-31-15-4-16-32-46)41-42-52(55(47-33-17-5-18-34-47)48-35-19-6-20-36-48)56(49-37-21-7-22-38-49)50-39-23-8-24-40-50/h1-40H,41-42H2. The van der Waals surface area contributed by atoms with Crippen molar-refractivity contribution in [2.45, 2.75) is 0 Å². The molecular weight excluding hydrogens is 752 g/mol. The predicted molar refractivity (Wildman–Crippen MR) is 250 cm³/mol. The molecule has 0 saturated carbocycles. The summed E-state index contributed by atoms with van der Waals surface area (Å²) in [5, 5.41) is 10.9. The van der Waals surface area contributed by atoms with Crippen LogP contribution >= 0.6 is 32.3 Å². The number of rotatable bonds is 15. The monoisotopic (exact) mass is 796 g/mol. The lowest BCUT2D eigenvalue weighted by Crippen LogP contribution is -2.39. The molecule has 8 rings (SSSR count). The van der Waals surface area contributed by atoms with E-state index < -0.39 is 32.3 Å². The smallest absolute Gasteiger partial charge is 0.0323 e. The summed E-state index contributed by atoms with van der Waals surface area (Å²) >= 11 is 0. The minimum Gasteiger partial charge on any atom is -0.243 e. The molecule has 0 amide bonds. The molecule has 56 heavy (non-hydrogen) atoms. The molecule has 0 spiro atoms. The van der Waals surface area contributed by atoms with Crippen molar-refractivity contribution < 1.29 is 0 Å². The van der Waals surface area contributed by atoms with Crippen molar-refractivity contribution in [1.82, 2.24) is 8.88 Å². The molecule has 0 unspecified atom stereocenters. The van der Waals surface area contributed by atoms with Crippen molar-refractivity contribution in [1.29, 1.82) is 0 Å². The Balaban J connectivity index is 1.35. The summed E-state index contributed by atoms with van der Waals surface area (Å²) in [6.45, 7) is 1.73. The van der Waals surface area contributed by atoms with Gasteiger partial charge in [-0.3, -0.25) is 0 Å². The van der Waals surface area contributed by atoms with Crippen LogP contribution in [0.3, 0.4) is 0 Å². The van der Waals surface area contributed by atoms with E-state index in [1.54, 1.807) is 0 Å². The summed E-state index contributed by atoms with van der Waals surface area (Å²) in [5.41, 5.74) is 0. The third kappa shape index (κ3) is 9.16. The average Bonchev–Trinajstić information content (AvgIpc) is 3.28. The zero-order valence-electron chi connectivity index (χ0n) is 31.2. The molecule has 0 aliphatic heterocycles. The van der Waals surface area contributed by atoms with Crippen LogP contribution in [0.2, 0.25) is 0 Å². The lowest BCUT2D eigenvalue weighted by atomic mass is 10.4. The normalized spacial score (nSPS) is 11.6. The van der Waals surface area contributed by atoms with Gasteiger partial charge in [0.15, 0.2) is 0 Å². The molecule has 8 aromatic rings. The molecule has 0 atom stereocenters. The van der Waals surface area contributed by atoms with Crippen molar-refractivity contribution in [3.05, 3.63) is 243 Å². The van der Waals surface area contributed by atoms with E-state index in [1.165, 1.54) is 42.4 Å². The van der Waals surface area contributed by atoms with E-state index in [0.717, 1.165) is 13.1 Å². The molecular formula is C50H44N2P4. The highest BCUT2D eigenvalue weighted by atomic mass is 31.2. The number of hydrogen-bond acceptors (Lipinski definition) is 2. The van der Waals surface area contributed by atoms with Gasteiger partial charge in [0, 0.05) is 45.4 Å². The van der Waals surface area contributed by atoms with Crippen LogP contribution in [-0.2, 0) is 0 Å². The molecule has 8 aromatic carbocycles. The fraction of sp³-hybridized carbons (Fsp3) is 0.0400. The van der Waals surface area contributed by atoms with Crippen molar-refractivity contribution in [3.63, 3.8) is 0 Å². The van der Waals surface area contributed by atoms with Crippen molar-refractivity contribution in [3.8, 4) is 0 Å². The molecule has 0 aliphatic carbocycles. The minimum absolute atomic E-state index is 0.863. The van der Waals surface area contributed by atoms with Gasteiger partial charge in [-0.1, -0.05) is 243 Å². The zero-order valence-corrected chi connectivity index (χ0v) is 34.8. The fourth-order valence-electron chi connectivity index (χ4n) is 6.97. The topological polar surface area (TPSA) is 6.48 Å². The first-order valence-corrected chi connectivity index (χ1v) is 24.2. The first-order chi connectivity index (χ1) is 27.8. The van der Waals surface area contributed by atoms with Crippen LogP contribution in [0.5, 0.6) is 0 Å². The van der Waals surface area contributed by atoms with Crippen LogP contribution < -0.4 is 42.4 Å². The highest BCUT2D eigenvalue weighted by Crippen LogP contribution is 2.57. The average molecular weight is 797 g/mol. The van der Waals surface area contributed by atoms with Crippen LogP contribution in [0.15, 0.2) is 243 Å². The Morgan fingerprint density at radius 3 is 0.446 bits per heavy atom. The second-order valence-electron chi connectivity index (χ2n) is 13.1. The molecule has 2 nitrogen and oxygen atoms in total. The van der Waals surface area contributed by atoms with Crippen LogP contribution in [0.25, 0.3) is 0 Å². The number of hydrogen-bond donors (Lipinski definition) is 0. The summed E-state index contributed by atoms with van der Waals surface area (Å²) in [6, 6.07) is 89.9. The largest absolute Gasteiger partial charge is 0.243 e. The molecule has 0 radical (unpaired) electrons. The summed E-state index contributed by atoms with van der Waals surface area (Å²) in [7, 11) is -3.75. The lowest BCUT2D eigenvalue weighted by Gasteiger charge is -2.43. The summed E-state index contributed by atoms with van der Waals surface area (Å²) < 4.78 is 5.81. The Kier molecular flexibility index (Phi) is 13.3. The third-order valence-corrected chi connectivity index (χ3v) is 20.5. The molecule has 6 heteroatoms. The predicted octanol–water partition coefficient (Wildman–Crippen LogP) is 9.78. The van der Waals surface area contributed by atoms with Gasteiger partial charge in [0.25, 0.3) is 0 Å². The van der Waals surface area contributed by atoms with Gasteiger partial charge in [0.1, 0.15) is 0 Å². The third-order valence-electron chi connectivity index (χ3n) is 9.43. The van der Waals surface area contributed by atoms with Crippen molar-refractivity contribution in [2.24, 2.45) is 0 Å². The van der Waals surface area contributed by atoms with Crippen LogP contribution in [0, 0.1) is 0 Å². The molecule has 0 N–H and O–H groups in total. The first kappa shape index (κ1) is 38.3. The Labute approximate surface area is 337 Å². The van der Waals surface area contributed by atoms with E-state index in [0.29, 0.717) is 0 Å². The molecule has 0 aromatic heterocycles. The second-order valence-corrected chi connectivity index (χ2v) is 22.3. The summed E-state index contributed by atoms with van der Waals surface area (Å²) in [5.74, 6) is 0. The first-order valence-electron chi connectivity index (χ1n) is 19.0. The molecule has 0 fully saturated rings. The maximum Gasteiger partial charge on any atom is 0.0323 e. The van der Waals surface area contributed by atoms with Gasteiger partial charge < -0.3 is 0 Å². The second kappa shape index (κ2) is 19.5. The molecule has 274 valence electrons. The summed E-state index contributed by atoms with van der Waals surface area (Å²) in [6.07, 6.45) is 0. The molecule has 0 saturated heterocycles. The maximum atomic E-state index is 2.90. The van der Waals surface area contributed by atoms with Gasteiger partial charge in [0.05, 0.1) is 0 Å². The Bertz CT molecular complexity index is 1830. The molecule has 0 heterocycles. The SMILES string of the molecule is c1ccc(P(c2ccccc2)N(CCN(P(c2ccccc2)c2ccccc2)P(c2ccccc2)c2ccccc2)P(c2ccccc2)c2ccccc2)cc1. The van der Waals surface area contributed by atoms with Crippen molar-refractivity contribution >= 4 is 74.7 Å². The van der Waals surface area contributed by atoms with Gasteiger partial charge in [0.2, 0.25) is 0 Å².